The van der Waals surface area contributed by atoms with Gasteiger partial charge >= 0.3 is 0 Å². The number of hydrogen-bond donors (Lipinski definition) is 1. The standard InChI is InChI=1S/C16H26N2/c1-12-7-5-6-8-16(12)14(3)17-15-9-10-18(4)13(2)11-15/h5-8,13-15,17H,9-11H2,1-4H3. The smallest absolute Gasteiger partial charge is 0.0296 e. The number of benzene rings is 1. The summed E-state index contributed by atoms with van der Waals surface area (Å²) in [5, 5.41) is 3.80. The molecule has 1 aliphatic heterocycles. The minimum atomic E-state index is 0.451. The average Bonchev–Trinajstić information content (AvgIpc) is 2.34. The van der Waals surface area contributed by atoms with E-state index in [2.05, 4.69) is 62.3 Å². The number of nitrogens with zero attached hydrogens (tertiary/aromatic N) is 1. The van der Waals surface area contributed by atoms with Crippen LogP contribution in [0.2, 0.25) is 0 Å². The highest BCUT2D eigenvalue weighted by Gasteiger charge is 2.24. The zero-order valence-electron chi connectivity index (χ0n) is 12.1. The molecule has 1 aliphatic rings. The van der Waals surface area contributed by atoms with Gasteiger partial charge in [0.25, 0.3) is 0 Å². The van der Waals surface area contributed by atoms with Crippen molar-refractivity contribution in [3.63, 3.8) is 0 Å². The van der Waals surface area contributed by atoms with Crippen LogP contribution in [0.3, 0.4) is 0 Å². The lowest BCUT2D eigenvalue weighted by atomic mass is 9.96. The first kappa shape index (κ1) is 13.6. The van der Waals surface area contributed by atoms with E-state index in [4.69, 9.17) is 0 Å². The van der Waals surface area contributed by atoms with Crippen molar-refractivity contribution in [2.45, 2.75) is 51.7 Å². The van der Waals surface area contributed by atoms with Gasteiger partial charge in [0.05, 0.1) is 0 Å². The molecule has 0 bridgehead atoms. The molecular weight excluding hydrogens is 220 g/mol. The van der Waals surface area contributed by atoms with E-state index < -0.39 is 0 Å². The Morgan fingerprint density at radius 1 is 1.33 bits per heavy atom. The molecule has 0 radical (unpaired) electrons. The maximum Gasteiger partial charge on any atom is 0.0296 e. The average molecular weight is 246 g/mol. The molecule has 1 N–H and O–H groups in total. The largest absolute Gasteiger partial charge is 0.307 e. The molecule has 1 saturated heterocycles. The molecule has 1 fully saturated rings. The summed E-state index contributed by atoms with van der Waals surface area (Å²) in [6.45, 7) is 8.02. The Kier molecular flexibility index (Phi) is 4.41. The van der Waals surface area contributed by atoms with E-state index in [0.29, 0.717) is 18.1 Å². The Hall–Kier alpha value is -0.860. The van der Waals surface area contributed by atoms with Crippen LogP contribution in [0.1, 0.15) is 43.9 Å². The summed E-state index contributed by atoms with van der Waals surface area (Å²) in [6.07, 6.45) is 2.52. The van der Waals surface area contributed by atoms with Gasteiger partial charge in [0, 0.05) is 18.1 Å². The molecule has 2 rings (SSSR count). The lowest BCUT2D eigenvalue weighted by molar-refractivity contribution is 0.163. The number of hydrogen-bond acceptors (Lipinski definition) is 2. The Balaban J connectivity index is 1.96. The van der Waals surface area contributed by atoms with Crippen LogP contribution in [0.5, 0.6) is 0 Å². The predicted molar refractivity (Wildman–Crippen MR) is 77.8 cm³/mol. The Labute approximate surface area is 111 Å². The van der Waals surface area contributed by atoms with Gasteiger partial charge in [-0.2, -0.15) is 0 Å². The quantitative estimate of drug-likeness (QED) is 0.881. The molecule has 100 valence electrons. The molecule has 0 amide bonds. The number of rotatable bonds is 3. The van der Waals surface area contributed by atoms with Crippen LogP contribution in [0.15, 0.2) is 24.3 Å². The van der Waals surface area contributed by atoms with E-state index in [1.165, 1.54) is 30.5 Å². The Morgan fingerprint density at radius 3 is 2.72 bits per heavy atom. The SMILES string of the molecule is Cc1ccccc1C(C)NC1CCN(C)C(C)C1. The van der Waals surface area contributed by atoms with Crippen molar-refractivity contribution < 1.29 is 0 Å². The summed E-state index contributed by atoms with van der Waals surface area (Å²) in [7, 11) is 2.23. The van der Waals surface area contributed by atoms with E-state index >= 15 is 0 Å². The second kappa shape index (κ2) is 5.85. The first-order valence-corrected chi connectivity index (χ1v) is 7.09. The fourth-order valence-electron chi connectivity index (χ4n) is 2.96. The van der Waals surface area contributed by atoms with Crippen LogP contribution >= 0.6 is 0 Å². The molecule has 2 nitrogen and oxygen atoms in total. The van der Waals surface area contributed by atoms with Gasteiger partial charge in [0.15, 0.2) is 0 Å². The van der Waals surface area contributed by atoms with Gasteiger partial charge in [-0.25, -0.2) is 0 Å². The van der Waals surface area contributed by atoms with E-state index in [9.17, 15) is 0 Å². The van der Waals surface area contributed by atoms with Crippen molar-refractivity contribution in [2.75, 3.05) is 13.6 Å². The van der Waals surface area contributed by atoms with Crippen LogP contribution in [0, 0.1) is 6.92 Å². The summed E-state index contributed by atoms with van der Waals surface area (Å²) in [5.41, 5.74) is 2.82. The van der Waals surface area contributed by atoms with Crippen LogP contribution in [0.4, 0.5) is 0 Å². The number of nitrogens with one attached hydrogen (secondary N) is 1. The molecule has 0 aliphatic carbocycles. The third-order valence-corrected chi connectivity index (χ3v) is 4.35. The summed E-state index contributed by atoms with van der Waals surface area (Å²) >= 11 is 0. The predicted octanol–water partition coefficient (Wildman–Crippen LogP) is 3.13. The maximum atomic E-state index is 3.80. The molecule has 1 aromatic rings. The maximum absolute atomic E-state index is 3.80. The van der Waals surface area contributed by atoms with Gasteiger partial charge < -0.3 is 10.2 Å². The van der Waals surface area contributed by atoms with Crippen molar-refractivity contribution in [2.24, 2.45) is 0 Å². The van der Waals surface area contributed by atoms with Gasteiger partial charge in [-0.15, -0.1) is 0 Å². The molecule has 0 spiro atoms. The van der Waals surface area contributed by atoms with Gasteiger partial charge in [-0.3, -0.25) is 0 Å². The summed E-state index contributed by atoms with van der Waals surface area (Å²) < 4.78 is 0. The topological polar surface area (TPSA) is 15.3 Å². The number of piperidine rings is 1. The minimum absolute atomic E-state index is 0.451. The van der Waals surface area contributed by atoms with Gasteiger partial charge in [-0.1, -0.05) is 24.3 Å². The van der Waals surface area contributed by atoms with Crippen molar-refractivity contribution >= 4 is 0 Å². The van der Waals surface area contributed by atoms with Gasteiger partial charge in [-0.05, 0) is 58.3 Å². The third-order valence-electron chi connectivity index (χ3n) is 4.35. The lowest BCUT2D eigenvalue weighted by Gasteiger charge is -2.37. The molecular formula is C16H26N2. The summed E-state index contributed by atoms with van der Waals surface area (Å²) in [4.78, 5) is 2.45. The molecule has 0 saturated carbocycles. The summed E-state index contributed by atoms with van der Waals surface area (Å²) in [5.74, 6) is 0. The second-order valence-electron chi connectivity index (χ2n) is 5.80. The molecule has 18 heavy (non-hydrogen) atoms. The van der Waals surface area contributed by atoms with E-state index in [0.717, 1.165) is 0 Å². The molecule has 3 unspecified atom stereocenters. The van der Waals surface area contributed by atoms with Crippen molar-refractivity contribution in [3.05, 3.63) is 35.4 Å². The lowest BCUT2D eigenvalue weighted by Crippen LogP contribution is -2.46. The fraction of sp³-hybridized carbons (Fsp3) is 0.625. The molecule has 1 heterocycles. The second-order valence-corrected chi connectivity index (χ2v) is 5.80. The fourth-order valence-corrected chi connectivity index (χ4v) is 2.96. The van der Waals surface area contributed by atoms with Crippen LogP contribution in [0.25, 0.3) is 0 Å². The highest BCUT2D eigenvalue weighted by molar-refractivity contribution is 5.28. The van der Waals surface area contributed by atoms with Crippen molar-refractivity contribution in [1.29, 1.82) is 0 Å². The van der Waals surface area contributed by atoms with Crippen LogP contribution < -0.4 is 5.32 Å². The molecule has 2 heteroatoms. The zero-order chi connectivity index (χ0) is 13.1. The molecule has 3 atom stereocenters. The van der Waals surface area contributed by atoms with Crippen LogP contribution in [-0.4, -0.2) is 30.6 Å². The number of aryl methyl sites for hydroxylation is 1. The molecule has 0 aromatic heterocycles. The van der Waals surface area contributed by atoms with Crippen molar-refractivity contribution in [3.8, 4) is 0 Å². The molecule has 1 aromatic carbocycles. The van der Waals surface area contributed by atoms with Gasteiger partial charge in [0.2, 0.25) is 0 Å². The Morgan fingerprint density at radius 2 is 2.06 bits per heavy atom. The first-order chi connectivity index (χ1) is 8.58. The van der Waals surface area contributed by atoms with E-state index in [-0.39, 0.29) is 0 Å². The first-order valence-electron chi connectivity index (χ1n) is 7.09. The Bertz CT molecular complexity index is 388. The number of likely N-dealkylation sites (tertiary alicyclic amines) is 1. The third kappa shape index (κ3) is 3.12. The highest BCUT2D eigenvalue weighted by Crippen LogP contribution is 2.21. The normalized spacial score (nSPS) is 27.1. The van der Waals surface area contributed by atoms with Gasteiger partial charge in [0.1, 0.15) is 0 Å². The summed E-state index contributed by atoms with van der Waals surface area (Å²) in [6, 6.07) is 10.5. The highest BCUT2D eigenvalue weighted by atomic mass is 15.1. The van der Waals surface area contributed by atoms with Crippen molar-refractivity contribution in [1.82, 2.24) is 10.2 Å². The monoisotopic (exact) mass is 246 g/mol. The van der Waals surface area contributed by atoms with Crippen LogP contribution in [-0.2, 0) is 0 Å². The zero-order valence-corrected chi connectivity index (χ0v) is 12.1. The minimum Gasteiger partial charge on any atom is -0.307 e. The van der Waals surface area contributed by atoms with E-state index in [1.807, 2.05) is 0 Å². The van der Waals surface area contributed by atoms with E-state index in [1.54, 1.807) is 0 Å².